The summed E-state index contributed by atoms with van der Waals surface area (Å²) in [6.45, 7) is 5.43. The molecular weight excluding hydrogens is 259 g/mol. The SMILES string of the molecule is Cc1cccc(Sc2cc(C)c(F)cc2C(C)O)c1. The lowest BCUT2D eigenvalue weighted by Crippen LogP contribution is -1.97. The van der Waals surface area contributed by atoms with Gasteiger partial charge in [-0.05, 0) is 56.2 Å². The third-order valence-corrected chi connectivity index (χ3v) is 4.02. The van der Waals surface area contributed by atoms with E-state index in [1.807, 2.05) is 25.1 Å². The van der Waals surface area contributed by atoms with Gasteiger partial charge in [-0.1, -0.05) is 29.5 Å². The molecule has 0 aliphatic heterocycles. The van der Waals surface area contributed by atoms with Gasteiger partial charge in [0.15, 0.2) is 0 Å². The highest BCUT2D eigenvalue weighted by atomic mass is 32.2. The second kappa shape index (κ2) is 5.76. The molecule has 0 spiro atoms. The Morgan fingerprint density at radius 1 is 1.16 bits per heavy atom. The molecular formula is C16H17FOS. The van der Waals surface area contributed by atoms with Crippen molar-refractivity contribution in [2.45, 2.75) is 36.7 Å². The summed E-state index contributed by atoms with van der Waals surface area (Å²) >= 11 is 1.55. The predicted molar refractivity (Wildman–Crippen MR) is 77.1 cm³/mol. The highest BCUT2D eigenvalue weighted by molar-refractivity contribution is 7.99. The van der Waals surface area contributed by atoms with Gasteiger partial charge in [0.25, 0.3) is 0 Å². The van der Waals surface area contributed by atoms with Crippen molar-refractivity contribution in [3.8, 4) is 0 Å². The van der Waals surface area contributed by atoms with Gasteiger partial charge in [-0.2, -0.15) is 0 Å². The molecule has 0 saturated heterocycles. The molecule has 0 heterocycles. The largest absolute Gasteiger partial charge is 0.389 e. The average Bonchev–Trinajstić information content (AvgIpc) is 2.33. The van der Waals surface area contributed by atoms with Gasteiger partial charge >= 0.3 is 0 Å². The molecule has 0 aliphatic carbocycles. The molecule has 1 atom stereocenters. The number of hydrogen-bond donors (Lipinski definition) is 1. The van der Waals surface area contributed by atoms with Crippen molar-refractivity contribution >= 4 is 11.8 Å². The smallest absolute Gasteiger partial charge is 0.126 e. The Kier molecular flexibility index (Phi) is 4.27. The first-order valence-corrected chi connectivity index (χ1v) is 7.01. The van der Waals surface area contributed by atoms with Crippen LogP contribution in [0, 0.1) is 19.7 Å². The van der Waals surface area contributed by atoms with Crippen molar-refractivity contribution in [2.24, 2.45) is 0 Å². The van der Waals surface area contributed by atoms with E-state index in [4.69, 9.17) is 0 Å². The monoisotopic (exact) mass is 276 g/mol. The molecule has 2 aromatic carbocycles. The second-order valence-electron chi connectivity index (χ2n) is 4.73. The Labute approximate surface area is 117 Å². The van der Waals surface area contributed by atoms with Gasteiger partial charge in [-0.25, -0.2) is 4.39 Å². The van der Waals surface area contributed by atoms with Crippen molar-refractivity contribution in [3.63, 3.8) is 0 Å². The third-order valence-electron chi connectivity index (χ3n) is 2.96. The van der Waals surface area contributed by atoms with E-state index < -0.39 is 6.10 Å². The van der Waals surface area contributed by atoms with Crippen LogP contribution in [0.1, 0.15) is 29.7 Å². The minimum absolute atomic E-state index is 0.274. The quantitative estimate of drug-likeness (QED) is 0.880. The van der Waals surface area contributed by atoms with E-state index in [2.05, 4.69) is 6.07 Å². The summed E-state index contributed by atoms with van der Waals surface area (Å²) in [7, 11) is 0. The molecule has 19 heavy (non-hydrogen) atoms. The fourth-order valence-electron chi connectivity index (χ4n) is 1.89. The zero-order valence-electron chi connectivity index (χ0n) is 11.3. The van der Waals surface area contributed by atoms with Crippen molar-refractivity contribution in [1.82, 2.24) is 0 Å². The molecule has 0 amide bonds. The van der Waals surface area contributed by atoms with Gasteiger partial charge in [0.05, 0.1) is 6.10 Å². The van der Waals surface area contributed by atoms with E-state index in [0.717, 1.165) is 9.79 Å². The Morgan fingerprint density at radius 3 is 2.53 bits per heavy atom. The summed E-state index contributed by atoms with van der Waals surface area (Å²) in [6.07, 6.45) is -0.678. The maximum atomic E-state index is 13.6. The zero-order valence-corrected chi connectivity index (χ0v) is 12.1. The zero-order chi connectivity index (χ0) is 14.0. The Balaban J connectivity index is 2.41. The number of halogens is 1. The molecule has 1 unspecified atom stereocenters. The Morgan fingerprint density at radius 2 is 1.89 bits per heavy atom. The number of benzene rings is 2. The van der Waals surface area contributed by atoms with Gasteiger partial charge in [0.2, 0.25) is 0 Å². The summed E-state index contributed by atoms with van der Waals surface area (Å²) in [6, 6.07) is 11.4. The molecule has 0 aromatic heterocycles. The second-order valence-corrected chi connectivity index (χ2v) is 5.85. The highest BCUT2D eigenvalue weighted by Gasteiger charge is 2.13. The van der Waals surface area contributed by atoms with Gasteiger partial charge in [0.1, 0.15) is 5.82 Å². The molecule has 3 heteroatoms. The van der Waals surface area contributed by atoms with Crippen LogP contribution >= 0.6 is 11.8 Å². The summed E-state index contributed by atoms with van der Waals surface area (Å²) < 4.78 is 13.6. The first-order chi connectivity index (χ1) is 8.97. The first kappa shape index (κ1) is 14.1. The minimum atomic E-state index is -0.678. The van der Waals surface area contributed by atoms with Crippen LogP contribution in [0.3, 0.4) is 0 Å². The number of hydrogen-bond acceptors (Lipinski definition) is 2. The highest BCUT2D eigenvalue weighted by Crippen LogP contribution is 2.35. The molecule has 0 fully saturated rings. The third kappa shape index (κ3) is 3.37. The molecule has 1 N–H and O–H groups in total. The standard InChI is InChI=1S/C16H17FOS/c1-10-5-4-6-13(7-10)19-16-8-11(2)15(17)9-14(16)12(3)18/h4-9,12,18H,1-3H3. The number of rotatable bonds is 3. The van der Waals surface area contributed by atoms with Crippen LogP contribution < -0.4 is 0 Å². The normalized spacial score (nSPS) is 12.5. The van der Waals surface area contributed by atoms with Crippen LogP contribution in [0.2, 0.25) is 0 Å². The average molecular weight is 276 g/mol. The van der Waals surface area contributed by atoms with Crippen LogP contribution in [0.4, 0.5) is 4.39 Å². The van der Waals surface area contributed by atoms with Crippen LogP contribution in [-0.2, 0) is 0 Å². The fraction of sp³-hybridized carbons (Fsp3) is 0.250. The fourth-order valence-corrected chi connectivity index (χ4v) is 3.12. The van der Waals surface area contributed by atoms with Crippen molar-refractivity contribution in [1.29, 1.82) is 0 Å². The first-order valence-electron chi connectivity index (χ1n) is 6.20. The van der Waals surface area contributed by atoms with E-state index in [0.29, 0.717) is 11.1 Å². The lowest BCUT2D eigenvalue weighted by atomic mass is 10.1. The van der Waals surface area contributed by atoms with Gasteiger partial charge < -0.3 is 5.11 Å². The maximum absolute atomic E-state index is 13.6. The Bertz CT molecular complexity index is 593. The molecule has 1 nitrogen and oxygen atoms in total. The Hall–Kier alpha value is -1.32. The summed E-state index contributed by atoms with van der Waals surface area (Å²) in [5, 5.41) is 9.77. The van der Waals surface area contributed by atoms with Crippen molar-refractivity contribution < 1.29 is 9.50 Å². The van der Waals surface area contributed by atoms with E-state index >= 15 is 0 Å². The van der Waals surface area contributed by atoms with E-state index in [9.17, 15) is 9.50 Å². The van der Waals surface area contributed by atoms with Crippen molar-refractivity contribution in [3.05, 3.63) is 58.9 Å². The van der Waals surface area contributed by atoms with Crippen LogP contribution in [-0.4, -0.2) is 5.11 Å². The lowest BCUT2D eigenvalue weighted by Gasteiger charge is -2.13. The van der Waals surface area contributed by atoms with Crippen LogP contribution in [0.15, 0.2) is 46.2 Å². The van der Waals surface area contributed by atoms with Crippen LogP contribution in [0.5, 0.6) is 0 Å². The molecule has 100 valence electrons. The topological polar surface area (TPSA) is 20.2 Å². The molecule has 0 radical (unpaired) electrons. The molecule has 2 aromatic rings. The van der Waals surface area contributed by atoms with E-state index in [1.165, 1.54) is 11.6 Å². The molecule has 0 saturated carbocycles. The van der Waals surface area contributed by atoms with Gasteiger partial charge in [-0.3, -0.25) is 0 Å². The summed E-state index contributed by atoms with van der Waals surface area (Å²) in [4.78, 5) is 1.99. The van der Waals surface area contributed by atoms with E-state index in [-0.39, 0.29) is 5.82 Å². The van der Waals surface area contributed by atoms with Gasteiger partial charge in [-0.15, -0.1) is 0 Å². The molecule has 2 rings (SSSR count). The predicted octanol–water partition coefficient (Wildman–Crippen LogP) is 4.65. The summed E-state index contributed by atoms with van der Waals surface area (Å²) in [5.41, 5.74) is 2.41. The molecule has 0 bridgehead atoms. The van der Waals surface area contributed by atoms with E-state index in [1.54, 1.807) is 31.7 Å². The lowest BCUT2D eigenvalue weighted by molar-refractivity contribution is 0.196. The van der Waals surface area contributed by atoms with Crippen molar-refractivity contribution in [2.75, 3.05) is 0 Å². The number of aliphatic hydroxyl groups excluding tert-OH is 1. The van der Waals surface area contributed by atoms with Crippen LogP contribution in [0.25, 0.3) is 0 Å². The number of aliphatic hydroxyl groups is 1. The number of aryl methyl sites for hydroxylation is 2. The summed E-state index contributed by atoms with van der Waals surface area (Å²) in [5.74, 6) is -0.274. The maximum Gasteiger partial charge on any atom is 0.126 e. The van der Waals surface area contributed by atoms with Gasteiger partial charge in [0, 0.05) is 9.79 Å². The minimum Gasteiger partial charge on any atom is -0.389 e. The molecule has 0 aliphatic rings.